The fraction of sp³-hybridized carbons (Fsp3) is 0.200. The van der Waals surface area contributed by atoms with Gasteiger partial charge in [-0.15, -0.1) is 11.3 Å². The third-order valence-corrected chi connectivity index (χ3v) is 5.44. The molecule has 136 valence electrons. The van der Waals surface area contributed by atoms with E-state index in [0.29, 0.717) is 16.0 Å². The highest BCUT2D eigenvalue weighted by atomic mass is 32.1. The molecule has 0 saturated heterocycles. The molecule has 27 heavy (non-hydrogen) atoms. The standard InChI is InChI=1S/C20H18N4O2S/c1-11-7-12(2)9-14(8-11)23-16(25)10-24-13(3)22-17-15-5-4-6-21-19(15)27-18(17)20(24)26/h4-9H,10H2,1-3H3,(H,23,25). The molecule has 0 spiro atoms. The van der Waals surface area contributed by atoms with Crippen LogP contribution in [0.25, 0.3) is 20.4 Å². The van der Waals surface area contributed by atoms with E-state index < -0.39 is 0 Å². The van der Waals surface area contributed by atoms with Crippen LogP contribution in [0.2, 0.25) is 0 Å². The van der Waals surface area contributed by atoms with E-state index in [-0.39, 0.29) is 18.0 Å². The van der Waals surface area contributed by atoms with Gasteiger partial charge in [-0.05, 0) is 56.2 Å². The third-order valence-electron chi connectivity index (χ3n) is 4.35. The largest absolute Gasteiger partial charge is 0.325 e. The molecule has 0 atom stereocenters. The maximum atomic E-state index is 12.9. The average Bonchev–Trinajstić information content (AvgIpc) is 2.96. The first-order valence-electron chi connectivity index (χ1n) is 8.55. The number of rotatable bonds is 3. The van der Waals surface area contributed by atoms with Gasteiger partial charge < -0.3 is 5.32 Å². The zero-order valence-electron chi connectivity index (χ0n) is 15.2. The van der Waals surface area contributed by atoms with Crippen LogP contribution in [0.4, 0.5) is 5.69 Å². The highest BCUT2D eigenvalue weighted by Crippen LogP contribution is 2.28. The van der Waals surface area contributed by atoms with Crippen molar-refractivity contribution < 1.29 is 4.79 Å². The van der Waals surface area contributed by atoms with Gasteiger partial charge in [0.2, 0.25) is 5.91 Å². The number of pyridine rings is 1. The first kappa shape index (κ1) is 17.4. The zero-order chi connectivity index (χ0) is 19.1. The molecule has 0 fully saturated rings. The number of nitrogens with zero attached hydrogens (tertiary/aromatic N) is 3. The summed E-state index contributed by atoms with van der Waals surface area (Å²) in [4.78, 5) is 35.1. The SMILES string of the molecule is Cc1cc(C)cc(NC(=O)Cn2c(C)nc3c(sc4ncccc43)c2=O)c1. The van der Waals surface area contributed by atoms with E-state index in [1.54, 1.807) is 13.1 Å². The molecule has 0 aliphatic heterocycles. The van der Waals surface area contributed by atoms with Gasteiger partial charge in [-0.2, -0.15) is 0 Å². The Hall–Kier alpha value is -3.06. The number of hydrogen-bond acceptors (Lipinski definition) is 5. The number of hydrogen-bond donors (Lipinski definition) is 1. The van der Waals surface area contributed by atoms with Gasteiger partial charge in [0.05, 0.1) is 5.52 Å². The molecule has 0 saturated carbocycles. The summed E-state index contributed by atoms with van der Waals surface area (Å²) < 4.78 is 1.93. The Kier molecular flexibility index (Phi) is 4.24. The number of nitrogens with one attached hydrogen (secondary N) is 1. The molecule has 1 N–H and O–H groups in total. The number of carbonyl (C=O) groups is 1. The molecule has 3 aromatic heterocycles. The Bertz CT molecular complexity index is 1240. The van der Waals surface area contributed by atoms with Crippen molar-refractivity contribution in [3.05, 3.63) is 63.8 Å². The highest BCUT2D eigenvalue weighted by Gasteiger charge is 2.16. The van der Waals surface area contributed by atoms with Gasteiger partial charge >= 0.3 is 0 Å². The lowest BCUT2D eigenvalue weighted by Gasteiger charge is -2.11. The quantitative estimate of drug-likeness (QED) is 0.591. The average molecular weight is 378 g/mol. The molecule has 7 heteroatoms. The number of aryl methyl sites for hydroxylation is 3. The van der Waals surface area contributed by atoms with E-state index in [1.807, 2.05) is 44.2 Å². The lowest BCUT2D eigenvalue weighted by molar-refractivity contribution is -0.116. The van der Waals surface area contributed by atoms with Gasteiger partial charge in [-0.1, -0.05) is 6.07 Å². The zero-order valence-corrected chi connectivity index (χ0v) is 16.1. The molecule has 0 unspecified atom stereocenters. The maximum Gasteiger partial charge on any atom is 0.272 e. The number of benzene rings is 1. The Morgan fingerprint density at radius 2 is 1.93 bits per heavy atom. The van der Waals surface area contributed by atoms with Crippen LogP contribution in [0.5, 0.6) is 0 Å². The minimum atomic E-state index is -0.259. The van der Waals surface area contributed by atoms with Crippen LogP contribution >= 0.6 is 11.3 Å². The van der Waals surface area contributed by atoms with Gasteiger partial charge in [0, 0.05) is 17.3 Å². The molecule has 6 nitrogen and oxygen atoms in total. The van der Waals surface area contributed by atoms with Gasteiger partial charge in [-0.3, -0.25) is 14.2 Å². The van der Waals surface area contributed by atoms with Crippen molar-refractivity contribution >= 4 is 43.4 Å². The summed E-state index contributed by atoms with van der Waals surface area (Å²) in [5.74, 6) is 0.247. The molecular weight excluding hydrogens is 360 g/mol. The van der Waals surface area contributed by atoms with E-state index in [9.17, 15) is 9.59 Å². The van der Waals surface area contributed by atoms with Gasteiger partial charge in [0.25, 0.3) is 5.56 Å². The van der Waals surface area contributed by atoms with Crippen molar-refractivity contribution in [3.63, 3.8) is 0 Å². The number of amides is 1. The van der Waals surface area contributed by atoms with Gasteiger partial charge in [0.1, 0.15) is 21.9 Å². The normalized spacial score (nSPS) is 11.2. The van der Waals surface area contributed by atoms with Crippen LogP contribution in [0, 0.1) is 20.8 Å². The topological polar surface area (TPSA) is 76.9 Å². The van der Waals surface area contributed by atoms with Crippen molar-refractivity contribution in [2.45, 2.75) is 27.3 Å². The van der Waals surface area contributed by atoms with Gasteiger partial charge in [0.15, 0.2) is 0 Å². The van der Waals surface area contributed by atoms with E-state index in [4.69, 9.17) is 0 Å². The first-order valence-corrected chi connectivity index (χ1v) is 9.37. The number of thiophene rings is 1. The van der Waals surface area contributed by atoms with Gasteiger partial charge in [-0.25, -0.2) is 9.97 Å². The molecule has 4 aromatic rings. The minimum absolute atomic E-state index is 0.0811. The van der Waals surface area contributed by atoms with E-state index in [0.717, 1.165) is 27.0 Å². The first-order chi connectivity index (χ1) is 12.9. The third kappa shape index (κ3) is 3.21. The smallest absolute Gasteiger partial charge is 0.272 e. The number of fused-ring (bicyclic) bond motifs is 3. The molecule has 1 amide bonds. The number of carbonyl (C=O) groups excluding carboxylic acids is 1. The fourth-order valence-electron chi connectivity index (χ4n) is 3.24. The summed E-state index contributed by atoms with van der Waals surface area (Å²) in [7, 11) is 0. The van der Waals surface area contributed by atoms with Crippen LogP contribution in [-0.4, -0.2) is 20.4 Å². The lowest BCUT2D eigenvalue weighted by Crippen LogP contribution is -2.29. The molecule has 3 heterocycles. The predicted molar refractivity (Wildman–Crippen MR) is 108 cm³/mol. The summed E-state index contributed by atoms with van der Waals surface area (Å²) in [6.45, 7) is 5.61. The van der Waals surface area contributed by atoms with Crippen molar-refractivity contribution in [1.29, 1.82) is 0 Å². The lowest BCUT2D eigenvalue weighted by atomic mass is 10.1. The van der Waals surface area contributed by atoms with Crippen molar-refractivity contribution in [2.75, 3.05) is 5.32 Å². The van der Waals surface area contributed by atoms with Crippen LogP contribution in [0.3, 0.4) is 0 Å². The number of anilines is 1. The Labute approximate surface area is 159 Å². The molecule has 0 aliphatic carbocycles. The number of aromatic nitrogens is 3. The molecule has 0 bridgehead atoms. The molecule has 0 radical (unpaired) electrons. The second-order valence-corrected chi connectivity index (χ2v) is 7.61. The van der Waals surface area contributed by atoms with Crippen LogP contribution in [0.1, 0.15) is 17.0 Å². The van der Waals surface area contributed by atoms with Crippen LogP contribution in [0.15, 0.2) is 41.3 Å². The summed E-state index contributed by atoms with van der Waals surface area (Å²) >= 11 is 1.31. The highest BCUT2D eigenvalue weighted by molar-refractivity contribution is 7.25. The van der Waals surface area contributed by atoms with Crippen LogP contribution < -0.4 is 10.9 Å². The Morgan fingerprint density at radius 1 is 1.19 bits per heavy atom. The minimum Gasteiger partial charge on any atom is -0.325 e. The summed E-state index contributed by atoms with van der Waals surface area (Å²) in [6, 6.07) is 9.58. The molecular formula is C20H18N4O2S. The summed E-state index contributed by atoms with van der Waals surface area (Å²) in [5, 5.41) is 3.73. The van der Waals surface area contributed by atoms with Crippen molar-refractivity contribution in [1.82, 2.24) is 14.5 Å². The van der Waals surface area contributed by atoms with Crippen molar-refractivity contribution in [2.24, 2.45) is 0 Å². The van der Waals surface area contributed by atoms with Crippen molar-refractivity contribution in [3.8, 4) is 0 Å². The summed E-state index contributed by atoms with van der Waals surface area (Å²) in [5.41, 5.74) is 3.30. The monoisotopic (exact) mass is 378 g/mol. The Morgan fingerprint density at radius 3 is 2.67 bits per heavy atom. The molecule has 0 aliphatic rings. The second kappa shape index (κ2) is 6.59. The summed E-state index contributed by atoms with van der Waals surface area (Å²) in [6.07, 6.45) is 1.69. The Balaban J connectivity index is 1.70. The van der Waals surface area contributed by atoms with E-state index in [2.05, 4.69) is 15.3 Å². The van der Waals surface area contributed by atoms with Crippen LogP contribution in [-0.2, 0) is 11.3 Å². The van der Waals surface area contributed by atoms with E-state index >= 15 is 0 Å². The predicted octanol–water partition coefficient (Wildman–Crippen LogP) is 3.57. The second-order valence-electron chi connectivity index (χ2n) is 6.61. The maximum absolute atomic E-state index is 12.9. The molecule has 4 rings (SSSR count). The molecule has 1 aromatic carbocycles. The van der Waals surface area contributed by atoms with E-state index in [1.165, 1.54) is 15.9 Å². The fourth-order valence-corrected chi connectivity index (χ4v) is 4.28.